The zero-order valence-corrected chi connectivity index (χ0v) is 12.0. The SMILES string of the molecule is Cn1cc(S(=O)(=O)N2CCOC(CN)C2)cc1C(N)=O. The van der Waals surface area contributed by atoms with Crippen LogP contribution in [0.3, 0.4) is 0 Å². The largest absolute Gasteiger partial charge is 0.374 e. The number of morpholine rings is 1. The fourth-order valence-corrected chi connectivity index (χ4v) is 3.65. The van der Waals surface area contributed by atoms with E-state index in [1.807, 2.05) is 0 Å². The number of sulfonamides is 1. The van der Waals surface area contributed by atoms with Crippen LogP contribution in [0.5, 0.6) is 0 Å². The Kier molecular flexibility index (Phi) is 4.14. The lowest BCUT2D eigenvalue weighted by molar-refractivity contribution is 0.00450. The maximum absolute atomic E-state index is 12.5. The third-order valence-corrected chi connectivity index (χ3v) is 5.06. The summed E-state index contributed by atoms with van der Waals surface area (Å²) < 4.78 is 33.1. The van der Waals surface area contributed by atoms with Gasteiger partial charge in [0.15, 0.2) is 0 Å². The monoisotopic (exact) mass is 302 g/mol. The second kappa shape index (κ2) is 5.52. The molecule has 9 heteroatoms. The van der Waals surface area contributed by atoms with E-state index < -0.39 is 15.9 Å². The first-order valence-electron chi connectivity index (χ1n) is 6.14. The quantitative estimate of drug-likeness (QED) is 0.699. The van der Waals surface area contributed by atoms with Crippen molar-refractivity contribution in [2.75, 3.05) is 26.2 Å². The highest BCUT2D eigenvalue weighted by atomic mass is 32.2. The molecule has 1 aliphatic heterocycles. The first-order valence-corrected chi connectivity index (χ1v) is 7.58. The van der Waals surface area contributed by atoms with Crippen LogP contribution < -0.4 is 11.5 Å². The molecule has 1 saturated heterocycles. The lowest BCUT2D eigenvalue weighted by Gasteiger charge is -2.31. The molecular formula is C11H18N4O4S. The molecule has 2 rings (SSSR count). The summed E-state index contributed by atoms with van der Waals surface area (Å²) in [5, 5.41) is 0. The van der Waals surface area contributed by atoms with Gasteiger partial charge in [0.1, 0.15) is 10.6 Å². The van der Waals surface area contributed by atoms with E-state index >= 15 is 0 Å². The molecule has 112 valence electrons. The number of nitrogens with zero attached hydrogens (tertiary/aromatic N) is 2. The fourth-order valence-electron chi connectivity index (χ4n) is 2.12. The lowest BCUT2D eigenvalue weighted by Crippen LogP contribution is -2.47. The minimum atomic E-state index is -3.67. The normalized spacial score (nSPS) is 21.0. The summed E-state index contributed by atoms with van der Waals surface area (Å²) >= 11 is 0. The van der Waals surface area contributed by atoms with Crippen molar-refractivity contribution in [1.82, 2.24) is 8.87 Å². The van der Waals surface area contributed by atoms with E-state index in [2.05, 4.69) is 0 Å². The Morgan fingerprint density at radius 1 is 1.55 bits per heavy atom. The van der Waals surface area contributed by atoms with Gasteiger partial charge in [-0.25, -0.2) is 8.42 Å². The van der Waals surface area contributed by atoms with E-state index in [1.165, 1.54) is 21.1 Å². The molecule has 1 atom stereocenters. The summed E-state index contributed by atoms with van der Waals surface area (Å²) in [4.78, 5) is 11.2. The minimum Gasteiger partial charge on any atom is -0.374 e. The minimum absolute atomic E-state index is 0.0477. The number of aromatic nitrogens is 1. The van der Waals surface area contributed by atoms with Gasteiger partial charge in [-0.15, -0.1) is 0 Å². The smallest absolute Gasteiger partial charge is 0.265 e. The molecule has 1 fully saturated rings. The van der Waals surface area contributed by atoms with Crippen molar-refractivity contribution >= 4 is 15.9 Å². The molecule has 8 nitrogen and oxygen atoms in total. The Hall–Kier alpha value is -1.42. The number of primary amides is 1. The number of amides is 1. The number of hydrogen-bond donors (Lipinski definition) is 2. The van der Waals surface area contributed by atoms with Crippen LogP contribution in [0.15, 0.2) is 17.2 Å². The molecule has 1 amide bonds. The zero-order chi connectivity index (χ0) is 14.9. The summed E-state index contributed by atoms with van der Waals surface area (Å²) in [7, 11) is -2.10. The molecule has 20 heavy (non-hydrogen) atoms. The molecule has 0 spiro atoms. The van der Waals surface area contributed by atoms with Gasteiger partial charge in [0, 0.05) is 32.9 Å². The van der Waals surface area contributed by atoms with Gasteiger partial charge in [-0.3, -0.25) is 4.79 Å². The van der Waals surface area contributed by atoms with Crippen molar-refractivity contribution in [1.29, 1.82) is 0 Å². The summed E-state index contributed by atoms with van der Waals surface area (Å²) in [5.41, 5.74) is 10.8. The van der Waals surface area contributed by atoms with Crippen LogP contribution in [-0.4, -0.2) is 55.5 Å². The number of rotatable bonds is 4. The van der Waals surface area contributed by atoms with E-state index in [-0.39, 0.29) is 36.3 Å². The summed E-state index contributed by atoms with van der Waals surface area (Å²) in [5.74, 6) is -0.671. The summed E-state index contributed by atoms with van der Waals surface area (Å²) in [6.07, 6.45) is 1.07. The maximum atomic E-state index is 12.5. The van der Waals surface area contributed by atoms with E-state index in [9.17, 15) is 13.2 Å². The third-order valence-electron chi connectivity index (χ3n) is 3.23. The first kappa shape index (κ1) is 15.0. The lowest BCUT2D eigenvalue weighted by atomic mass is 10.3. The number of carbonyl (C=O) groups excluding carboxylic acids is 1. The summed E-state index contributed by atoms with van der Waals surface area (Å²) in [6.45, 7) is 1.03. The standard InChI is InChI=1S/C11H18N4O4S/c1-14-7-9(4-10(14)11(13)16)20(17,18)15-2-3-19-8(5-12)6-15/h4,7-8H,2-3,5-6,12H2,1H3,(H2,13,16). The van der Waals surface area contributed by atoms with Crippen molar-refractivity contribution in [2.24, 2.45) is 18.5 Å². The first-order chi connectivity index (χ1) is 9.36. The Bertz CT molecular complexity index is 610. The Balaban J connectivity index is 2.30. The van der Waals surface area contributed by atoms with Gasteiger partial charge in [-0.2, -0.15) is 4.31 Å². The Morgan fingerprint density at radius 3 is 2.80 bits per heavy atom. The van der Waals surface area contributed by atoms with Gasteiger partial charge in [0.05, 0.1) is 12.7 Å². The van der Waals surface area contributed by atoms with Crippen molar-refractivity contribution in [3.8, 4) is 0 Å². The van der Waals surface area contributed by atoms with Crippen LogP contribution in [0.25, 0.3) is 0 Å². The van der Waals surface area contributed by atoms with E-state index in [0.29, 0.717) is 6.61 Å². The van der Waals surface area contributed by atoms with Gasteiger partial charge in [-0.05, 0) is 6.07 Å². The second-order valence-electron chi connectivity index (χ2n) is 4.63. The van der Waals surface area contributed by atoms with Crippen molar-refractivity contribution < 1.29 is 17.9 Å². The number of nitrogens with two attached hydrogens (primary N) is 2. The van der Waals surface area contributed by atoms with Gasteiger partial charge in [0.25, 0.3) is 5.91 Å². The predicted molar refractivity (Wildman–Crippen MR) is 71.5 cm³/mol. The highest BCUT2D eigenvalue weighted by molar-refractivity contribution is 7.89. The highest BCUT2D eigenvalue weighted by Crippen LogP contribution is 2.20. The van der Waals surface area contributed by atoms with Gasteiger partial charge < -0.3 is 20.8 Å². The fraction of sp³-hybridized carbons (Fsp3) is 0.545. The van der Waals surface area contributed by atoms with Crippen molar-refractivity contribution in [2.45, 2.75) is 11.0 Å². The molecule has 1 aromatic heterocycles. The molecule has 0 radical (unpaired) electrons. The van der Waals surface area contributed by atoms with Gasteiger partial charge in [-0.1, -0.05) is 0 Å². The predicted octanol–water partition coefficient (Wildman–Crippen LogP) is -1.53. The van der Waals surface area contributed by atoms with Crippen molar-refractivity contribution in [3.05, 3.63) is 18.0 Å². The molecule has 0 aromatic carbocycles. The molecule has 1 aromatic rings. The molecule has 0 saturated carbocycles. The molecule has 0 bridgehead atoms. The van der Waals surface area contributed by atoms with Crippen molar-refractivity contribution in [3.63, 3.8) is 0 Å². The van der Waals surface area contributed by atoms with Crippen LogP contribution in [0.1, 0.15) is 10.5 Å². The molecular weight excluding hydrogens is 284 g/mol. The summed E-state index contributed by atoms with van der Waals surface area (Å²) in [6, 6.07) is 1.28. The average Bonchev–Trinajstić information content (AvgIpc) is 2.82. The molecule has 2 heterocycles. The molecule has 0 aliphatic carbocycles. The molecule has 1 aliphatic rings. The number of carbonyl (C=O) groups is 1. The molecule has 4 N–H and O–H groups in total. The zero-order valence-electron chi connectivity index (χ0n) is 11.2. The van der Waals surface area contributed by atoms with Crippen LogP contribution in [0.2, 0.25) is 0 Å². The van der Waals surface area contributed by atoms with Gasteiger partial charge in [0.2, 0.25) is 10.0 Å². The van der Waals surface area contributed by atoms with Gasteiger partial charge >= 0.3 is 0 Å². The Morgan fingerprint density at radius 2 is 2.25 bits per heavy atom. The average molecular weight is 302 g/mol. The number of hydrogen-bond acceptors (Lipinski definition) is 5. The number of ether oxygens (including phenoxy) is 1. The van der Waals surface area contributed by atoms with Crippen LogP contribution in [-0.2, 0) is 21.8 Å². The van der Waals surface area contributed by atoms with E-state index in [1.54, 1.807) is 7.05 Å². The van der Waals surface area contributed by atoms with Crippen LogP contribution in [0, 0.1) is 0 Å². The Labute approximate surface area is 117 Å². The second-order valence-corrected chi connectivity index (χ2v) is 6.57. The maximum Gasteiger partial charge on any atom is 0.265 e. The highest BCUT2D eigenvalue weighted by Gasteiger charge is 2.31. The number of aryl methyl sites for hydroxylation is 1. The van der Waals surface area contributed by atoms with Crippen LogP contribution in [0.4, 0.5) is 0 Å². The van der Waals surface area contributed by atoms with E-state index in [0.717, 1.165) is 0 Å². The topological polar surface area (TPSA) is 121 Å². The third kappa shape index (κ3) is 2.70. The molecule has 1 unspecified atom stereocenters. The van der Waals surface area contributed by atoms with Crippen LogP contribution >= 0.6 is 0 Å². The van der Waals surface area contributed by atoms with E-state index in [4.69, 9.17) is 16.2 Å².